The van der Waals surface area contributed by atoms with Crippen molar-refractivity contribution in [2.24, 2.45) is 0 Å². The molecule has 3 atom stereocenters. The van der Waals surface area contributed by atoms with Crippen LogP contribution in [0.15, 0.2) is 0 Å². The molecule has 120 valence electrons. The molecular weight excluding hydrogens is 366 g/mol. The van der Waals surface area contributed by atoms with E-state index in [9.17, 15) is 24.1 Å². The van der Waals surface area contributed by atoms with Crippen molar-refractivity contribution in [1.82, 2.24) is 0 Å². The summed E-state index contributed by atoms with van der Waals surface area (Å²) in [5.41, 5.74) is 0. The van der Waals surface area contributed by atoms with E-state index >= 15 is 0 Å². The van der Waals surface area contributed by atoms with E-state index in [2.05, 4.69) is 9.05 Å². The molecule has 0 fully saturated rings. The molecule has 0 aliphatic rings. The Morgan fingerprint density at radius 2 is 1.48 bits per heavy atom. The van der Waals surface area contributed by atoms with Gasteiger partial charge in [0, 0.05) is 0 Å². The van der Waals surface area contributed by atoms with Crippen LogP contribution in [0.1, 0.15) is 0 Å². The standard InChI is InChI=1S/C6H12O12P2.Ca/c7-3(1-17-19(11,12)13)5(9)6(10)4(8)2-18-20(14,15)16;/h3,5-7H,1-2H2,(H2,11,12,13)(H2,14,15,16);/q-2;+2/t3-,5-,6-;/m1./s1. The van der Waals surface area contributed by atoms with E-state index in [0.717, 1.165) is 0 Å². The topological polar surface area (TPSA) is 217 Å². The third-order valence-electron chi connectivity index (χ3n) is 1.78. The molecule has 0 saturated carbocycles. The fourth-order valence-corrected chi connectivity index (χ4v) is 1.53. The number of hydrogen-bond acceptors (Lipinski definition) is 8. The van der Waals surface area contributed by atoms with Crippen molar-refractivity contribution < 1.29 is 57.9 Å². The zero-order valence-electron chi connectivity index (χ0n) is 10.3. The number of phosphoric acid groups is 2. The SMILES string of the molecule is O=C(COP(=O)(O)O)[C@@H]([O-])[C@H]([O-])[C@H](O)COP(=O)(O)O.[Ca+2]. The Morgan fingerprint density at radius 1 is 1.05 bits per heavy atom. The van der Waals surface area contributed by atoms with Crippen LogP contribution in [0.25, 0.3) is 0 Å². The smallest absolute Gasteiger partial charge is 0.851 e. The number of ketones is 1. The first-order chi connectivity index (χ1) is 8.83. The maximum absolute atomic E-state index is 11.2. The Labute approximate surface area is 148 Å². The molecule has 0 aliphatic carbocycles. The molecule has 0 aliphatic heterocycles. The number of carbonyl (C=O) groups excluding carboxylic acids is 1. The number of hydrogen-bond donors (Lipinski definition) is 5. The molecule has 5 N–H and O–H groups in total. The van der Waals surface area contributed by atoms with E-state index in [-0.39, 0.29) is 37.7 Å². The van der Waals surface area contributed by atoms with E-state index in [1.165, 1.54) is 0 Å². The second-order valence-electron chi connectivity index (χ2n) is 3.47. The van der Waals surface area contributed by atoms with Crippen LogP contribution in [0, 0.1) is 0 Å². The molecular formula is C6H12CaO12P2. The quantitative estimate of drug-likeness (QED) is 0.189. The number of rotatable bonds is 9. The summed E-state index contributed by atoms with van der Waals surface area (Å²) in [6.45, 7) is -2.53. The summed E-state index contributed by atoms with van der Waals surface area (Å²) in [5.74, 6) is -1.54. The van der Waals surface area contributed by atoms with Crippen LogP contribution in [-0.4, -0.2) is 99.7 Å². The summed E-state index contributed by atoms with van der Waals surface area (Å²) in [6.07, 6.45) is -7.42. The van der Waals surface area contributed by atoms with Gasteiger partial charge in [-0.25, -0.2) is 9.13 Å². The number of carbonyl (C=O) groups is 1. The maximum Gasteiger partial charge on any atom is 2.00 e. The van der Waals surface area contributed by atoms with Crippen LogP contribution in [0.3, 0.4) is 0 Å². The normalized spacial score (nSPS) is 16.7. The molecule has 0 heterocycles. The van der Waals surface area contributed by atoms with Gasteiger partial charge in [-0.05, 0) is 0 Å². The third kappa shape index (κ3) is 12.2. The van der Waals surface area contributed by atoms with Gasteiger partial charge in [-0.1, -0.05) is 6.10 Å². The first-order valence-corrected chi connectivity index (χ1v) is 7.82. The summed E-state index contributed by atoms with van der Waals surface area (Å²) >= 11 is 0. The van der Waals surface area contributed by atoms with Gasteiger partial charge in [0.05, 0.1) is 12.7 Å². The summed E-state index contributed by atoms with van der Waals surface area (Å²) in [4.78, 5) is 44.2. The maximum atomic E-state index is 11.2. The molecule has 0 amide bonds. The molecule has 0 rings (SSSR count). The van der Waals surface area contributed by atoms with E-state index in [0.29, 0.717) is 0 Å². The van der Waals surface area contributed by atoms with Gasteiger partial charge in [0.15, 0.2) is 0 Å². The monoisotopic (exact) mass is 378 g/mol. The Bertz CT molecular complexity index is 416. The minimum Gasteiger partial charge on any atom is -0.851 e. The molecule has 0 unspecified atom stereocenters. The van der Waals surface area contributed by atoms with Crippen molar-refractivity contribution in [2.75, 3.05) is 13.2 Å². The van der Waals surface area contributed by atoms with Crippen molar-refractivity contribution in [3.63, 3.8) is 0 Å². The van der Waals surface area contributed by atoms with Crippen molar-refractivity contribution >= 4 is 59.2 Å². The van der Waals surface area contributed by atoms with Crippen LogP contribution >= 0.6 is 15.6 Å². The average Bonchev–Trinajstić information content (AvgIpc) is 2.29. The summed E-state index contributed by atoms with van der Waals surface area (Å²) in [6, 6.07) is 0. The van der Waals surface area contributed by atoms with Crippen LogP contribution in [0.5, 0.6) is 0 Å². The molecule has 0 spiro atoms. The fraction of sp³-hybridized carbons (Fsp3) is 0.833. The van der Waals surface area contributed by atoms with E-state index < -0.39 is 53.0 Å². The Balaban J connectivity index is 0. The molecule has 15 heteroatoms. The van der Waals surface area contributed by atoms with Gasteiger partial charge in [-0.2, -0.15) is 0 Å². The van der Waals surface area contributed by atoms with Crippen molar-refractivity contribution in [1.29, 1.82) is 0 Å². The van der Waals surface area contributed by atoms with Crippen molar-refractivity contribution in [3.8, 4) is 0 Å². The average molecular weight is 378 g/mol. The largest absolute Gasteiger partial charge is 2.00 e. The summed E-state index contributed by atoms with van der Waals surface area (Å²) in [5, 5.41) is 31.5. The zero-order chi connectivity index (χ0) is 16.1. The number of aliphatic hydroxyl groups is 1. The minimum atomic E-state index is -5.00. The first-order valence-electron chi connectivity index (χ1n) is 4.76. The number of phosphoric ester groups is 2. The summed E-state index contributed by atoms with van der Waals surface area (Å²) in [7, 11) is -9.96. The fourth-order valence-electron chi connectivity index (χ4n) is 0.883. The first kappa shape index (κ1) is 24.3. The number of aliphatic hydroxyl groups excluding tert-OH is 1. The molecule has 0 saturated heterocycles. The van der Waals surface area contributed by atoms with Crippen LogP contribution in [-0.2, 0) is 23.0 Å². The summed E-state index contributed by atoms with van der Waals surface area (Å²) < 4.78 is 28.0. The zero-order valence-corrected chi connectivity index (χ0v) is 14.3. The third-order valence-corrected chi connectivity index (χ3v) is 2.73. The Kier molecular flexibility index (Phi) is 11.6. The van der Waals surface area contributed by atoms with Gasteiger partial charge < -0.3 is 34.9 Å². The van der Waals surface area contributed by atoms with E-state index in [1.807, 2.05) is 0 Å². The molecule has 12 nitrogen and oxygen atoms in total. The molecule has 0 radical (unpaired) electrons. The molecule has 21 heavy (non-hydrogen) atoms. The predicted molar refractivity (Wildman–Crippen MR) is 60.3 cm³/mol. The number of Topliss-reactive ketones (excluding diaryl/α,β-unsaturated/α-hetero) is 1. The second-order valence-corrected chi connectivity index (χ2v) is 5.95. The second kappa shape index (κ2) is 10.0. The van der Waals surface area contributed by atoms with Gasteiger partial charge in [0.25, 0.3) is 0 Å². The van der Waals surface area contributed by atoms with Gasteiger partial charge in [0.2, 0.25) is 0 Å². The van der Waals surface area contributed by atoms with Crippen molar-refractivity contribution in [2.45, 2.75) is 18.3 Å². The van der Waals surface area contributed by atoms with Gasteiger partial charge in [-0.3, -0.25) is 13.8 Å². The Hall–Kier alpha value is 1.03. The van der Waals surface area contributed by atoms with Gasteiger partial charge in [0.1, 0.15) is 12.4 Å². The molecule has 0 aromatic heterocycles. The Morgan fingerprint density at radius 3 is 1.86 bits per heavy atom. The van der Waals surface area contributed by atoms with Gasteiger partial charge in [-0.15, -0.1) is 6.10 Å². The van der Waals surface area contributed by atoms with Gasteiger partial charge >= 0.3 is 53.4 Å². The minimum absolute atomic E-state index is 0. The molecule has 0 aromatic rings. The predicted octanol–water partition coefficient (Wildman–Crippen LogP) is -4.79. The van der Waals surface area contributed by atoms with Crippen LogP contribution in [0.4, 0.5) is 0 Å². The van der Waals surface area contributed by atoms with Crippen LogP contribution < -0.4 is 10.2 Å². The molecule has 0 aromatic carbocycles. The van der Waals surface area contributed by atoms with Crippen molar-refractivity contribution in [3.05, 3.63) is 0 Å². The van der Waals surface area contributed by atoms with E-state index in [1.54, 1.807) is 0 Å². The molecule has 0 bridgehead atoms. The van der Waals surface area contributed by atoms with Crippen LogP contribution in [0.2, 0.25) is 0 Å². The van der Waals surface area contributed by atoms with E-state index in [4.69, 9.17) is 24.7 Å².